The second kappa shape index (κ2) is 4.65. The Balaban J connectivity index is 1.76. The molecular weight excluding hydrogens is 196 g/mol. The number of hydrogen-bond acceptors (Lipinski definition) is 1. The second-order valence-electron chi connectivity index (χ2n) is 3.72. The van der Waals surface area contributed by atoms with Crippen molar-refractivity contribution in [2.24, 2.45) is 0 Å². The van der Waals surface area contributed by atoms with Gasteiger partial charge in [-0.1, -0.05) is 10.7 Å². The first-order valence-electron chi connectivity index (χ1n) is 5.21. The highest BCUT2D eigenvalue weighted by Crippen LogP contribution is 2.17. The monoisotopic (exact) mass is 211 g/mol. The molecular formula is C11H16ClN2+. The maximum atomic E-state index is 5.64. The molecule has 0 N–H and O–H groups in total. The first-order chi connectivity index (χ1) is 6.92. The number of halogens is 1. The van der Waals surface area contributed by atoms with Crippen molar-refractivity contribution in [1.29, 1.82) is 0 Å². The molecule has 0 radical (unpaired) electrons. The van der Waals surface area contributed by atoms with Gasteiger partial charge in [-0.15, -0.1) is 11.6 Å². The number of unbranched alkanes of at least 4 members (excludes halogenated alkanes) is 1. The molecule has 0 amide bonds. The van der Waals surface area contributed by atoms with Crippen LogP contribution in [0.5, 0.6) is 0 Å². The third kappa shape index (κ3) is 2.38. The topological polar surface area (TPSA) is 6.89 Å². The fourth-order valence-corrected chi connectivity index (χ4v) is 1.92. The maximum absolute atomic E-state index is 5.64. The molecule has 0 aliphatic carbocycles. The summed E-state index contributed by atoms with van der Waals surface area (Å²) in [5.41, 5.74) is 0. The van der Waals surface area contributed by atoms with Gasteiger partial charge in [0, 0.05) is 18.0 Å². The van der Waals surface area contributed by atoms with Gasteiger partial charge >= 0.3 is 0 Å². The average Bonchev–Trinajstić information content (AvgIpc) is 2.99. The minimum atomic E-state index is 0.741. The van der Waals surface area contributed by atoms with Gasteiger partial charge in [0.05, 0.1) is 6.54 Å². The lowest BCUT2D eigenvalue weighted by Gasteiger charge is -1.98. The molecule has 3 heteroatoms. The lowest BCUT2D eigenvalue weighted by molar-refractivity contribution is -0.677. The zero-order valence-electron chi connectivity index (χ0n) is 8.27. The maximum Gasteiger partial charge on any atom is 0.199 e. The Kier molecular flexibility index (Phi) is 3.25. The molecule has 1 saturated heterocycles. The van der Waals surface area contributed by atoms with Crippen molar-refractivity contribution in [3.05, 3.63) is 30.6 Å². The van der Waals surface area contributed by atoms with Crippen LogP contribution in [0.25, 0.3) is 0 Å². The van der Waals surface area contributed by atoms with Gasteiger partial charge in [0.25, 0.3) is 0 Å². The zero-order valence-corrected chi connectivity index (χ0v) is 9.03. The molecule has 0 bridgehead atoms. The quantitative estimate of drug-likeness (QED) is 0.311. The molecule has 14 heavy (non-hydrogen) atoms. The van der Waals surface area contributed by atoms with E-state index in [0.29, 0.717) is 0 Å². The largest absolute Gasteiger partial charge is 0.199 e. The third-order valence-corrected chi connectivity index (χ3v) is 2.87. The minimum Gasteiger partial charge on any atom is -0.174 e. The highest BCUT2D eigenvalue weighted by Gasteiger charge is 2.40. The highest BCUT2D eigenvalue weighted by atomic mass is 35.5. The number of pyridine rings is 1. The molecule has 1 fully saturated rings. The molecule has 1 aromatic heterocycles. The molecule has 2 rings (SSSR count). The van der Waals surface area contributed by atoms with Crippen molar-refractivity contribution in [2.45, 2.75) is 25.3 Å². The van der Waals surface area contributed by atoms with Crippen molar-refractivity contribution in [1.82, 2.24) is 0 Å². The Bertz CT molecular complexity index is 276. The van der Waals surface area contributed by atoms with E-state index in [1.54, 1.807) is 0 Å². The van der Waals surface area contributed by atoms with Crippen LogP contribution in [-0.2, 0) is 0 Å². The molecule has 0 spiro atoms. The van der Waals surface area contributed by atoms with Crippen molar-refractivity contribution >= 4 is 11.6 Å². The van der Waals surface area contributed by atoms with Gasteiger partial charge in [-0.3, -0.25) is 0 Å². The SMILES string of the molecule is ClCCCCC1CN1[n+]1ccccc1. The van der Waals surface area contributed by atoms with E-state index in [4.69, 9.17) is 11.6 Å². The average molecular weight is 212 g/mol. The summed E-state index contributed by atoms with van der Waals surface area (Å²) in [4.78, 5) is 0. The van der Waals surface area contributed by atoms with E-state index < -0.39 is 0 Å². The summed E-state index contributed by atoms with van der Waals surface area (Å²) in [6.07, 6.45) is 7.86. The van der Waals surface area contributed by atoms with Crippen LogP contribution in [-0.4, -0.2) is 18.5 Å². The van der Waals surface area contributed by atoms with Crippen molar-refractivity contribution in [3.8, 4) is 0 Å². The van der Waals surface area contributed by atoms with E-state index in [2.05, 4.69) is 34.2 Å². The first-order valence-corrected chi connectivity index (χ1v) is 5.74. The Morgan fingerprint density at radius 3 is 2.71 bits per heavy atom. The van der Waals surface area contributed by atoms with E-state index in [-0.39, 0.29) is 0 Å². The van der Waals surface area contributed by atoms with E-state index >= 15 is 0 Å². The van der Waals surface area contributed by atoms with Crippen LogP contribution in [0.15, 0.2) is 30.6 Å². The van der Waals surface area contributed by atoms with Gasteiger partial charge in [0.2, 0.25) is 0 Å². The second-order valence-corrected chi connectivity index (χ2v) is 4.09. The molecule has 1 unspecified atom stereocenters. The summed E-state index contributed by atoms with van der Waals surface area (Å²) < 4.78 is 2.17. The van der Waals surface area contributed by atoms with E-state index in [0.717, 1.165) is 18.3 Å². The van der Waals surface area contributed by atoms with Crippen LogP contribution in [0.4, 0.5) is 0 Å². The van der Waals surface area contributed by atoms with Gasteiger partial charge in [0.15, 0.2) is 12.4 Å². The fourth-order valence-electron chi connectivity index (χ4n) is 1.73. The van der Waals surface area contributed by atoms with Crippen LogP contribution in [0, 0.1) is 0 Å². The van der Waals surface area contributed by atoms with Crippen LogP contribution in [0.3, 0.4) is 0 Å². The lowest BCUT2D eigenvalue weighted by Crippen LogP contribution is -2.45. The minimum absolute atomic E-state index is 0.741. The number of nitrogens with zero attached hydrogens (tertiary/aromatic N) is 2. The Morgan fingerprint density at radius 2 is 2.00 bits per heavy atom. The number of rotatable bonds is 5. The van der Waals surface area contributed by atoms with E-state index in [1.165, 1.54) is 19.4 Å². The van der Waals surface area contributed by atoms with Gasteiger partial charge in [-0.05, 0) is 19.3 Å². The molecule has 2 heterocycles. The van der Waals surface area contributed by atoms with Crippen molar-refractivity contribution < 1.29 is 4.68 Å². The summed E-state index contributed by atoms with van der Waals surface area (Å²) in [7, 11) is 0. The predicted octanol–water partition coefficient (Wildman–Crippen LogP) is 1.70. The molecule has 76 valence electrons. The predicted molar refractivity (Wildman–Crippen MR) is 58.1 cm³/mol. The molecule has 1 aliphatic heterocycles. The van der Waals surface area contributed by atoms with Crippen molar-refractivity contribution in [2.75, 3.05) is 17.4 Å². The van der Waals surface area contributed by atoms with Gasteiger partial charge in [-0.25, -0.2) is 0 Å². The van der Waals surface area contributed by atoms with Gasteiger partial charge < -0.3 is 0 Å². The summed E-state index contributed by atoms with van der Waals surface area (Å²) >= 11 is 5.64. The first kappa shape index (κ1) is 9.78. The summed E-state index contributed by atoms with van der Waals surface area (Å²) in [5, 5.41) is 2.37. The van der Waals surface area contributed by atoms with Crippen LogP contribution in [0.2, 0.25) is 0 Å². The summed E-state index contributed by atoms with van der Waals surface area (Å²) in [6.45, 7) is 1.19. The van der Waals surface area contributed by atoms with Crippen LogP contribution in [0.1, 0.15) is 19.3 Å². The Morgan fingerprint density at radius 1 is 1.21 bits per heavy atom. The lowest BCUT2D eigenvalue weighted by atomic mass is 10.2. The normalized spacial score (nSPS) is 19.8. The standard InChI is InChI=1S/C11H16ClN2/c12-7-3-2-6-11-10-14(11)13-8-4-1-5-9-13/h1,4-5,8-9,11H,2-3,6-7,10H2/q+1. The zero-order chi connectivity index (χ0) is 9.80. The molecule has 2 nitrogen and oxygen atoms in total. The number of hydrogen-bond donors (Lipinski definition) is 0. The third-order valence-electron chi connectivity index (χ3n) is 2.60. The van der Waals surface area contributed by atoms with Crippen molar-refractivity contribution in [3.63, 3.8) is 0 Å². The van der Waals surface area contributed by atoms with Crippen LogP contribution >= 0.6 is 11.6 Å². The highest BCUT2D eigenvalue weighted by molar-refractivity contribution is 6.17. The number of aromatic nitrogens is 1. The summed E-state index contributed by atoms with van der Waals surface area (Å²) in [5.74, 6) is 0.797. The number of alkyl halides is 1. The van der Waals surface area contributed by atoms with E-state index in [9.17, 15) is 0 Å². The molecule has 1 atom stereocenters. The Labute approximate surface area is 90.1 Å². The molecule has 0 aromatic carbocycles. The summed E-state index contributed by atoms with van der Waals surface area (Å²) in [6, 6.07) is 6.91. The fraction of sp³-hybridized carbons (Fsp3) is 0.545. The van der Waals surface area contributed by atoms with Gasteiger partial charge in [0.1, 0.15) is 6.04 Å². The molecule has 0 saturated carbocycles. The van der Waals surface area contributed by atoms with Crippen LogP contribution < -0.4 is 9.69 Å². The van der Waals surface area contributed by atoms with Gasteiger partial charge in [-0.2, -0.15) is 5.01 Å². The Hall–Kier alpha value is -0.760. The molecule has 1 aromatic rings. The molecule has 1 aliphatic rings. The van der Waals surface area contributed by atoms with E-state index in [1.807, 2.05) is 6.07 Å². The smallest absolute Gasteiger partial charge is 0.174 e.